The summed E-state index contributed by atoms with van der Waals surface area (Å²) in [5, 5.41) is 21.2. The molecule has 0 aliphatic heterocycles. The summed E-state index contributed by atoms with van der Waals surface area (Å²) >= 11 is 1.33. The molecule has 0 radical (unpaired) electrons. The maximum Gasteiger partial charge on any atom is 0.211 e. The summed E-state index contributed by atoms with van der Waals surface area (Å²) in [4.78, 5) is 4.31. The van der Waals surface area contributed by atoms with Gasteiger partial charge in [-0.1, -0.05) is 6.92 Å². The molecule has 1 heterocycles. The first kappa shape index (κ1) is 15.7. The molecule has 0 fully saturated rings. The quantitative estimate of drug-likeness (QED) is 0.705. The minimum absolute atomic E-state index is 0.0943. The Morgan fingerprint density at radius 3 is 2.71 bits per heavy atom. The van der Waals surface area contributed by atoms with Crippen LogP contribution >= 0.6 is 11.3 Å². The number of aromatic nitrogens is 1. The molecule has 21 heavy (non-hydrogen) atoms. The van der Waals surface area contributed by atoms with Gasteiger partial charge in [0.2, 0.25) is 10.0 Å². The van der Waals surface area contributed by atoms with Gasteiger partial charge in [-0.2, -0.15) is 0 Å². The fourth-order valence-corrected chi connectivity index (χ4v) is 3.59. The van der Waals surface area contributed by atoms with Crippen molar-refractivity contribution in [3.05, 3.63) is 28.6 Å². The minimum Gasteiger partial charge on any atom is -0.504 e. The Hall–Kier alpha value is -1.64. The molecule has 0 atom stereocenters. The van der Waals surface area contributed by atoms with Gasteiger partial charge in [-0.05, 0) is 24.6 Å². The molecule has 1 aromatic carbocycles. The zero-order valence-corrected chi connectivity index (χ0v) is 13.0. The largest absolute Gasteiger partial charge is 0.504 e. The van der Waals surface area contributed by atoms with E-state index in [2.05, 4.69) is 9.71 Å². The van der Waals surface area contributed by atoms with Crippen LogP contribution in [0.3, 0.4) is 0 Å². The number of sulfonamides is 1. The van der Waals surface area contributed by atoms with E-state index in [0.717, 1.165) is 0 Å². The number of hydrogen-bond donors (Lipinski definition) is 3. The van der Waals surface area contributed by atoms with Crippen molar-refractivity contribution in [2.24, 2.45) is 0 Å². The first-order chi connectivity index (χ1) is 9.91. The van der Waals surface area contributed by atoms with Crippen molar-refractivity contribution >= 4 is 21.4 Å². The smallest absolute Gasteiger partial charge is 0.211 e. The van der Waals surface area contributed by atoms with Crippen LogP contribution in [-0.2, 0) is 16.6 Å². The molecule has 2 rings (SSSR count). The standard InChI is InChI=1S/C13H16N2O4S2/c1-2-5-21(18,19)14-7-13-15-10(8-20-13)9-3-4-11(16)12(17)6-9/h3-4,6,8,14,16-17H,2,5,7H2,1H3. The molecule has 0 aliphatic rings. The highest BCUT2D eigenvalue weighted by molar-refractivity contribution is 7.89. The van der Waals surface area contributed by atoms with Crippen LogP contribution in [0, 0.1) is 0 Å². The van der Waals surface area contributed by atoms with Gasteiger partial charge in [0.05, 0.1) is 18.0 Å². The number of aromatic hydroxyl groups is 2. The molecule has 6 nitrogen and oxygen atoms in total. The lowest BCUT2D eigenvalue weighted by molar-refractivity contribution is 0.404. The molecule has 0 saturated heterocycles. The summed E-state index contributed by atoms with van der Waals surface area (Å²) < 4.78 is 25.6. The van der Waals surface area contributed by atoms with E-state index in [1.54, 1.807) is 18.4 Å². The number of phenolic OH excluding ortho intramolecular Hbond substituents is 2. The summed E-state index contributed by atoms with van der Waals surface area (Å²) in [5.74, 6) is -0.316. The lowest BCUT2D eigenvalue weighted by atomic mass is 10.1. The lowest BCUT2D eigenvalue weighted by Gasteiger charge is -2.03. The van der Waals surface area contributed by atoms with Gasteiger partial charge < -0.3 is 10.2 Å². The number of rotatable bonds is 6. The molecule has 0 saturated carbocycles. The molecule has 0 unspecified atom stereocenters. The van der Waals surface area contributed by atoms with Crippen LogP contribution in [0.1, 0.15) is 18.4 Å². The molecule has 0 spiro atoms. The first-order valence-corrected chi connectivity index (χ1v) is 8.88. The van der Waals surface area contributed by atoms with Crippen molar-refractivity contribution < 1.29 is 18.6 Å². The van der Waals surface area contributed by atoms with Crippen LogP contribution in [0.4, 0.5) is 0 Å². The van der Waals surface area contributed by atoms with Gasteiger partial charge in [0.25, 0.3) is 0 Å². The van der Waals surface area contributed by atoms with Crippen LogP contribution in [0.25, 0.3) is 11.3 Å². The Morgan fingerprint density at radius 2 is 2.05 bits per heavy atom. The predicted molar refractivity (Wildman–Crippen MR) is 81.8 cm³/mol. The number of nitrogens with one attached hydrogen (secondary N) is 1. The molecular formula is C13H16N2O4S2. The van der Waals surface area contributed by atoms with E-state index in [9.17, 15) is 18.6 Å². The van der Waals surface area contributed by atoms with Crippen LogP contribution < -0.4 is 4.72 Å². The number of nitrogens with zero attached hydrogens (tertiary/aromatic N) is 1. The van der Waals surface area contributed by atoms with Gasteiger partial charge in [0, 0.05) is 10.9 Å². The molecule has 1 aromatic heterocycles. The van der Waals surface area contributed by atoms with Gasteiger partial charge in [0.1, 0.15) is 5.01 Å². The first-order valence-electron chi connectivity index (χ1n) is 6.35. The molecule has 8 heteroatoms. The highest BCUT2D eigenvalue weighted by Gasteiger charge is 2.11. The number of phenols is 2. The van der Waals surface area contributed by atoms with Gasteiger partial charge in [-0.15, -0.1) is 11.3 Å². The zero-order chi connectivity index (χ0) is 15.5. The SMILES string of the molecule is CCCS(=O)(=O)NCc1nc(-c2ccc(O)c(O)c2)cs1. The number of hydrogen-bond acceptors (Lipinski definition) is 6. The molecule has 0 amide bonds. The van der Waals surface area contributed by atoms with Crippen LogP contribution in [-0.4, -0.2) is 29.4 Å². The summed E-state index contributed by atoms with van der Waals surface area (Å²) in [6.07, 6.45) is 0.561. The third-order valence-electron chi connectivity index (χ3n) is 2.74. The average molecular weight is 328 g/mol. The molecule has 114 valence electrons. The van der Waals surface area contributed by atoms with Crippen molar-refractivity contribution in [3.8, 4) is 22.8 Å². The highest BCUT2D eigenvalue weighted by Crippen LogP contribution is 2.30. The van der Waals surface area contributed by atoms with E-state index < -0.39 is 10.0 Å². The Morgan fingerprint density at radius 1 is 1.29 bits per heavy atom. The van der Waals surface area contributed by atoms with Crippen LogP contribution in [0.5, 0.6) is 11.5 Å². The topological polar surface area (TPSA) is 99.5 Å². The normalized spacial score (nSPS) is 11.7. The third-order valence-corrected chi connectivity index (χ3v) is 5.12. The minimum atomic E-state index is -3.25. The molecule has 0 bridgehead atoms. The molecule has 2 aromatic rings. The van der Waals surface area contributed by atoms with Gasteiger partial charge in [-0.3, -0.25) is 0 Å². The van der Waals surface area contributed by atoms with Crippen LogP contribution in [0.15, 0.2) is 23.6 Å². The maximum absolute atomic E-state index is 11.6. The third kappa shape index (κ3) is 4.16. The molecule has 3 N–H and O–H groups in total. The van der Waals surface area contributed by atoms with Gasteiger partial charge in [-0.25, -0.2) is 18.1 Å². The number of thiazole rings is 1. The summed E-state index contributed by atoms with van der Waals surface area (Å²) in [6.45, 7) is 1.95. The van der Waals surface area contributed by atoms with E-state index in [-0.39, 0.29) is 23.8 Å². The average Bonchev–Trinajstić information content (AvgIpc) is 2.89. The molecular weight excluding hydrogens is 312 g/mol. The summed E-state index contributed by atoms with van der Waals surface area (Å²) in [6, 6.07) is 4.43. The van der Waals surface area contributed by atoms with Crippen molar-refractivity contribution in [1.29, 1.82) is 0 Å². The van der Waals surface area contributed by atoms with Crippen molar-refractivity contribution in [1.82, 2.24) is 9.71 Å². The Labute approximate surface area is 127 Å². The lowest BCUT2D eigenvalue weighted by Crippen LogP contribution is -2.25. The summed E-state index contributed by atoms with van der Waals surface area (Å²) in [5.41, 5.74) is 1.28. The Kier molecular flexibility index (Phi) is 4.81. The highest BCUT2D eigenvalue weighted by atomic mass is 32.2. The van der Waals surface area contributed by atoms with Crippen molar-refractivity contribution in [2.75, 3.05) is 5.75 Å². The Balaban J connectivity index is 2.09. The summed E-state index contributed by atoms with van der Waals surface area (Å²) in [7, 11) is -3.25. The van der Waals surface area contributed by atoms with Crippen molar-refractivity contribution in [2.45, 2.75) is 19.9 Å². The number of benzene rings is 1. The fraction of sp³-hybridized carbons (Fsp3) is 0.308. The van der Waals surface area contributed by atoms with E-state index >= 15 is 0 Å². The van der Waals surface area contributed by atoms with E-state index in [1.165, 1.54) is 23.5 Å². The Bertz CT molecular complexity index is 726. The van der Waals surface area contributed by atoms with Crippen LogP contribution in [0.2, 0.25) is 0 Å². The van der Waals surface area contributed by atoms with Crippen molar-refractivity contribution in [3.63, 3.8) is 0 Å². The van der Waals surface area contributed by atoms with E-state index in [1.807, 2.05) is 0 Å². The maximum atomic E-state index is 11.6. The monoisotopic (exact) mass is 328 g/mol. The predicted octanol–water partition coefficient (Wildman–Crippen LogP) is 2.05. The second kappa shape index (κ2) is 6.42. The second-order valence-corrected chi connectivity index (χ2v) is 7.34. The molecule has 0 aliphatic carbocycles. The van der Waals surface area contributed by atoms with E-state index in [0.29, 0.717) is 22.7 Å². The fourth-order valence-electron chi connectivity index (χ4n) is 1.72. The zero-order valence-electron chi connectivity index (χ0n) is 11.4. The second-order valence-electron chi connectivity index (χ2n) is 4.47. The van der Waals surface area contributed by atoms with Gasteiger partial charge in [0.15, 0.2) is 11.5 Å². The van der Waals surface area contributed by atoms with E-state index in [4.69, 9.17) is 0 Å². The van der Waals surface area contributed by atoms with Gasteiger partial charge >= 0.3 is 0 Å².